The number of sulfone groups is 1. The summed E-state index contributed by atoms with van der Waals surface area (Å²) in [5.41, 5.74) is 1.10. The van der Waals surface area contributed by atoms with E-state index in [4.69, 9.17) is 5.14 Å². The number of nitrogens with one attached hydrogen (secondary N) is 1. The zero-order chi connectivity index (χ0) is 21.4. The summed E-state index contributed by atoms with van der Waals surface area (Å²) in [7, 11) is -8.73. The Balaban J connectivity index is 1.78. The van der Waals surface area contributed by atoms with E-state index in [0.717, 1.165) is 6.07 Å². The second kappa shape index (κ2) is 7.69. The predicted molar refractivity (Wildman–Crippen MR) is 102 cm³/mol. The molecule has 1 heterocycles. The molecular formula is C17H17F2N3O5S2. The number of primary sulfonamides is 1. The predicted octanol–water partition coefficient (Wildman–Crippen LogP) is 1.33. The number of anilines is 2. The molecule has 0 spiro atoms. The highest BCUT2D eigenvalue weighted by atomic mass is 32.2. The molecule has 0 saturated heterocycles. The van der Waals surface area contributed by atoms with E-state index in [0.29, 0.717) is 24.2 Å². The van der Waals surface area contributed by atoms with Crippen LogP contribution in [0.5, 0.6) is 0 Å². The van der Waals surface area contributed by atoms with E-state index in [2.05, 4.69) is 5.32 Å². The van der Waals surface area contributed by atoms with E-state index in [1.54, 1.807) is 4.90 Å². The number of nitrogens with two attached hydrogens (primary N) is 1. The van der Waals surface area contributed by atoms with Crippen molar-refractivity contribution in [1.82, 2.24) is 0 Å². The summed E-state index contributed by atoms with van der Waals surface area (Å²) in [5, 5.41) is 7.47. The highest BCUT2D eigenvalue weighted by Crippen LogP contribution is 2.30. The quantitative estimate of drug-likeness (QED) is 0.691. The first kappa shape index (κ1) is 21.1. The van der Waals surface area contributed by atoms with Gasteiger partial charge in [-0.3, -0.25) is 4.79 Å². The largest absolute Gasteiger partial charge is 0.362 e. The number of para-hydroxylation sites is 1. The second-order valence-corrected chi connectivity index (χ2v) is 9.80. The number of hydrogen-bond donors (Lipinski definition) is 2. The maximum atomic E-state index is 12.9. The monoisotopic (exact) mass is 445 g/mol. The van der Waals surface area contributed by atoms with E-state index >= 15 is 0 Å². The first-order valence-corrected chi connectivity index (χ1v) is 11.4. The van der Waals surface area contributed by atoms with Gasteiger partial charge in [0.15, 0.2) is 0 Å². The number of fused-ring (bicyclic) bond motifs is 1. The summed E-state index contributed by atoms with van der Waals surface area (Å²) in [6.45, 7) is 0.249. The average Bonchev–Trinajstić information content (AvgIpc) is 3.03. The topological polar surface area (TPSA) is 127 Å². The third kappa shape index (κ3) is 4.38. The van der Waals surface area contributed by atoms with Crippen molar-refractivity contribution in [2.24, 2.45) is 5.14 Å². The van der Waals surface area contributed by atoms with Crippen LogP contribution in [0.25, 0.3) is 0 Å². The molecule has 0 unspecified atom stereocenters. The molecule has 0 bridgehead atoms. The van der Waals surface area contributed by atoms with Gasteiger partial charge in [-0.1, -0.05) is 12.1 Å². The molecular weight excluding hydrogens is 428 g/mol. The molecule has 12 heteroatoms. The van der Waals surface area contributed by atoms with E-state index in [-0.39, 0.29) is 17.1 Å². The minimum atomic E-state index is -4.88. The van der Waals surface area contributed by atoms with Crippen LogP contribution < -0.4 is 15.4 Å². The van der Waals surface area contributed by atoms with Gasteiger partial charge in [0.25, 0.3) is 0 Å². The van der Waals surface area contributed by atoms with Crippen molar-refractivity contribution in [2.45, 2.75) is 22.0 Å². The minimum Gasteiger partial charge on any atom is -0.362 e. The van der Waals surface area contributed by atoms with Crippen LogP contribution in [0.1, 0.15) is 5.56 Å². The fourth-order valence-electron chi connectivity index (χ4n) is 3.06. The van der Waals surface area contributed by atoms with Crippen LogP contribution in [0.15, 0.2) is 52.3 Å². The molecule has 2 aromatic rings. The summed E-state index contributed by atoms with van der Waals surface area (Å²) in [5.74, 6) is -4.22. The Hall–Kier alpha value is -2.57. The van der Waals surface area contributed by atoms with Gasteiger partial charge in [-0.25, -0.2) is 22.0 Å². The number of benzene rings is 2. The van der Waals surface area contributed by atoms with Crippen LogP contribution in [0.2, 0.25) is 0 Å². The maximum Gasteiger partial charge on any atom is 0.341 e. The van der Waals surface area contributed by atoms with Crippen LogP contribution in [-0.2, 0) is 31.1 Å². The summed E-state index contributed by atoms with van der Waals surface area (Å²) in [4.78, 5) is 13.4. The van der Waals surface area contributed by atoms with Crippen molar-refractivity contribution in [3.8, 4) is 0 Å². The van der Waals surface area contributed by atoms with Gasteiger partial charge in [-0.15, -0.1) is 0 Å². The number of sulfonamides is 1. The molecule has 1 aliphatic rings. The number of amides is 1. The lowest BCUT2D eigenvalue weighted by molar-refractivity contribution is -0.115. The third-order valence-electron chi connectivity index (χ3n) is 4.41. The molecule has 0 atom stereocenters. The second-order valence-electron chi connectivity index (χ2n) is 6.36. The molecule has 0 aromatic heterocycles. The van der Waals surface area contributed by atoms with Crippen LogP contribution in [0.3, 0.4) is 0 Å². The SMILES string of the molecule is NS(=O)(=O)c1ccc2c(c1)CCN2CC(=O)Nc1ccccc1S(=O)(=O)C(F)F. The fourth-order valence-corrected chi connectivity index (χ4v) is 4.51. The molecule has 3 rings (SSSR count). The van der Waals surface area contributed by atoms with E-state index in [9.17, 15) is 30.4 Å². The van der Waals surface area contributed by atoms with Gasteiger partial charge in [0, 0.05) is 12.2 Å². The Kier molecular flexibility index (Phi) is 5.61. The summed E-state index contributed by atoms with van der Waals surface area (Å²) >= 11 is 0. The van der Waals surface area contributed by atoms with Gasteiger partial charge in [-0.2, -0.15) is 8.78 Å². The molecule has 0 aliphatic carbocycles. The molecule has 156 valence electrons. The van der Waals surface area contributed by atoms with Gasteiger partial charge in [0.05, 0.1) is 22.0 Å². The molecule has 0 saturated carbocycles. The Bertz CT molecular complexity index is 1170. The normalized spacial score (nSPS) is 14.1. The van der Waals surface area contributed by atoms with Crippen molar-refractivity contribution in [2.75, 3.05) is 23.3 Å². The number of carbonyl (C=O) groups is 1. The fraction of sp³-hybridized carbons (Fsp3) is 0.235. The zero-order valence-electron chi connectivity index (χ0n) is 14.9. The first-order valence-electron chi connectivity index (χ1n) is 8.32. The van der Waals surface area contributed by atoms with Gasteiger partial charge in [-0.05, 0) is 42.3 Å². The molecule has 0 fully saturated rings. The highest BCUT2D eigenvalue weighted by molar-refractivity contribution is 7.91. The van der Waals surface area contributed by atoms with Crippen molar-refractivity contribution in [3.05, 3.63) is 48.0 Å². The van der Waals surface area contributed by atoms with Crippen molar-refractivity contribution >= 4 is 37.1 Å². The van der Waals surface area contributed by atoms with Gasteiger partial charge < -0.3 is 10.2 Å². The molecule has 0 radical (unpaired) electrons. The molecule has 1 amide bonds. The summed E-state index contributed by atoms with van der Waals surface area (Å²) in [6, 6.07) is 9.22. The maximum absolute atomic E-state index is 12.9. The lowest BCUT2D eigenvalue weighted by atomic mass is 10.2. The molecule has 1 aliphatic heterocycles. The van der Waals surface area contributed by atoms with E-state index in [1.165, 1.54) is 36.4 Å². The van der Waals surface area contributed by atoms with Crippen molar-refractivity contribution < 1.29 is 30.4 Å². The zero-order valence-corrected chi connectivity index (χ0v) is 16.5. The summed E-state index contributed by atoms with van der Waals surface area (Å²) < 4.78 is 72.2. The van der Waals surface area contributed by atoms with Crippen molar-refractivity contribution in [3.63, 3.8) is 0 Å². The smallest absolute Gasteiger partial charge is 0.341 e. The van der Waals surface area contributed by atoms with Crippen LogP contribution in [0, 0.1) is 0 Å². The highest BCUT2D eigenvalue weighted by Gasteiger charge is 2.30. The Morgan fingerprint density at radius 3 is 2.48 bits per heavy atom. The molecule has 3 N–H and O–H groups in total. The lowest BCUT2D eigenvalue weighted by Gasteiger charge is -2.19. The third-order valence-corrected chi connectivity index (χ3v) is 6.76. The number of hydrogen-bond acceptors (Lipinski definition) is 6. The van der Waals surface area contributed by atoms with Gasteiger partial charge >= 0.3 is 5.76 Å². The molecule has 8 nitrogen and oxygen atoms in total. The van der Waals surface area contributed by atoms with Gasteiger partial charge in [0.2, 0.25) is 25.8 Å². The van der Waals surface area contributed by atoms with Crippen LogP contribution in [0.4, 0.5) is 20.2 Å². The Labute approximate surface area is 166 Å². The number of alkyl halides is 2. The van der Waals surface area contributed by atoms with Crippen LogP contribution in [-0.4, -0.2) is 41.6 Å². The number of carbonyl (C=O) groups excluding carboxylic acids is 1. The standard InChI is InChI=1S/C17H17F2N3O5S2/c18-17(19)28(24,25)15-4-2-1-3-13(15)21-16(23)10-22-8-7-11-9-12(29(20,26)27)5-6-14(11)22/h1-6,9,17H,7-8,10H2,(H,21,23)(H2,20,26,27). The minimum absolute atomic E-state index is 0.0336. The molecule has 29 heavy (non-hydrogen) atoms. The lowest BCUT2D eigenvalue weighted by Crippen LogP contribution is -2.32. The average molecular weight is 445 g/mol. The number of halogens is 2. The van der Waals surface area contributed by atoms with Crippen molar-refractivity contribution in [1.29, 1.82) is 0 Å². The summed E-state index contributed by atoms with van der Waals surface area (Å²) in [6.07, 6.45) is 0.488. The Morgan fingerprint density at radius 1 is 1.14 bits per heavy atom. The van der Waals surface area contributed by atoms with E-state index < -0.39 is 36.4 Å². The van der Waals surface area contributed by atoms with Gasteiger partial charge in [0.1, 0.15) is 0 Å². The first-order chi connectivity index (χ1) is 13.5. The van der Waals surface area contributed by atoms with Crippen LogP contribution >= 0.6 is 0 Å². The Morgan fingerprint density at radius 2 is 1.83 bits per heavy atom. The molecule has 2 aromatic carbocycles. The number of nitrogens with zero attached hydrogens (tertiary/aromatic N) is 1. The van der Waals surface area contributed by atoms with E-state index in [1.807, 2.05) is 0 Å². The number of rotatable bonds is 6.